The van der Waals surface area contributed by atoms with Gasteiger partial charge in [0, 0.05) is 0 Å². The van der Waals surface area contributed by atoms with Gasteiger partial charge in [0.05, 0.1) is 16.7 Å². The van der Waals surface area contributed by atoms with E-state index in [1.807, 2.05) is 0 Å². The third-order valence-electron chi connectivity index (χ3n) is 3.30. The van der Waals surface area contributed by atoms with Gasteiger partial charge in [-0.1, -0.05) is 42.5 Å². The molecule has 1 aliphatic heterocycles. The van der Waals surface area contributed by atoms with E-state index < -0.39 is 17.9 Å². The van der Waals surface area contributed by atoms with Crippen molar-refractivity contribution in [3.8, 4) is 0 Å². The van der Waals surface area contributed by atoms with Gasteiger partial charge in [0.2, 0.25) is 0 Å². The Bertz CT molecular complexity index is 818. The van der Waals surface area contributed by atoms with Crippen molar-refractivity contribution >= 4 is 29.1 Å². The molecule has 0 atom stereocenters. The van der Waals surface area contributed by atoms with E-state index >= 15 is 0 Å². The van der Waals surface area contributed by atoms with Gasteiger partial charge in [-0.3, -0.25) is 0 Å². The standard InChI is InChI=1S/C17H10O5/c18-15(19)12-8-4-7-11(9-12)14-13(16(20)22-17(14)21)10-5-2-1-3-6-10/h1-9H,(H,18,19). The molecule has 5 nitrogen and oxygen atoms in total. The average Bonchev–Trinajstić information content (AvgIpc) is 2.82. The normalized spacial score (nSPS) is 14.2. The average molecular weight is 294 g/mol. The van der Waals surface area contributed by atoms with Crippen LogP contribution in [0.1, 0.15) is 21.5 Å². The zero-order valence-electron chi connectivity index (χ0n) is 11.3. The van der Waals surface area contributed by atoms with Gasteiger partial charge in [0.15, 0.2) is 0 Å². The molecule has 0 radical (unpaired) electrons. The van der Waals surface area contributed by atoms with Crippen molar-refractivity contribution < 1.29 is 24.2 Å². The second kappa shape index (κ2) is 5.29. The van der Waals surface area contributed by atoms with E-state index in [4.69, 9.17) is 9.84 Å². The van der Waals surface area contributed by atoms with Gasteiger partial charge >= 0.3 is 17.9 Å². The third-order valence-corrected chi connectivity index (χ3v) is 3.30. The predicted molar refractivity (Wildman–Crippen MR) is 77.8 cm³/mol. The second-order valence-electron chi connectivity index (χ2n) is 4.68. The zero-order chi connectivity index (χ0) is 15.7. The molecule has 2 aromatic rings. The lowest BCUT2D eigenvalue weighted by molar-refractivity contribution is -0.149. The minimum absolute atomic E-state index is 0.0320. The summed E-state index contributed by atoms with van der Waals surface area (Å²) in [5.74, 6) is -2.61. The molecule has 1 N–H and O–H groups in total. The Morgan fingerprint density at radius 2 is 1.41 bits per heavy atom. The van der Waals surface area contributed by atoms with E-state index in [1.54, 1.807) is 36.4 Å². The maximum absolute atomic E-state index is 12.0. The van der Waals surface area contributed by atoms with E-state index in [9.17, 15) is 14.4 Å². The molecule has 0 saturated heterocycles. The monoisotopic (exact) mass is 294 g/mol. The van der Waals surface area contributed by atoms with E-state index in [0.29, 0.717) is 11.1 Å². The Balaban J connectivity index is 2.22. The van der Waals surface area contributed by atoms with Crippen LogP contribution in [0.2, 0.25) is 0 Å². The summed E-state index contributed by atoms with van der Waals surface area (Å²) in [5.41, 5.74) is 1.15. The molecule has 0 saturated carbocycles. The van der Waals surface area contributed by atoms with E-state index in [2.05, 4.69) is 0 Å². The Hall–Kier alpha value is -3.21. The predicted octanol–water partition coefficient (Wildman–Crippen LogP) is 2.38. The number of esters is 2. The van der Waals surface area contributed by atoms with Gasteiger partial charge in [-0.25, -0.2) is 14.4 Å². The summed E-state index contributed by atoms with van der Waals surface area (Å²) in [5, 5.41) is 9.05. The molecule has 0 aromatic heterocycles. The Morgan fingerprint density at radius 3 is 2.05 bits per heavy atom. The third kappa shape index (κ3) is 2.29. The van der Waals surface area contributed by atoms with Gasteiger partial charge in [0.1, 0.15) is 0 Å². The fourth-order valence-electron chi connectivity index (χ4n) is 2.33. The van der Waals surface area contributed by atoms with Crippen molar-refractivity contribution in [3.05, 3.63) is 71.3 Å². The van der Waals surface area contributed by atoms with Crippen molar-refractivity contribution in [1.82, 2.24) is 0 Å². The smallest absolute Gasteiger partial charge is 0.347 e. The first kappa shape index (κ1) is 13.8. The van der Waals surface area contributed by atoms with Crippen molar-refractivity contribution in [2.45, 2.75) is 0 Å². The van der Waals surface area contributed by atoms with Crippen LogP contribution < -0.4 is 0 Å². The summed E-state index contributed by atoms with van der Waals surface area (Å²) in [6.07, 6.45) is 0. The first-order valence-corrected chi connectivity index (χ1v) is 6.48. The Morgan fingerprint density at radius 1 is 0.818 bits per heavy atom. The van der Waals surface area contributed by atoms with Crippen LogP contribution in [0.4, 0.5) is 0 Å². The number of ether oxygens (including phenoxy) is 1. The van der Waals surface area contributed by atoms with E-state index in [0.717, 1.165) is 0 Å². The fraction of sp³-hybridized carbons (Fsp3) is 0. The highest BCUT2D eigenvalue weighted by atomic mass is 16.6. The molecule has 0 bridgehead atoms. The highest BCUT2D eigenvalue weighted by Gasteiger charge is 2.34. The number of carboxylic acids is 1. The number of carbonyl (C=O) groups excluding carboxylic acids is 2. The Labute approximate surface area is 125 Å². The number of carboxylic acid groups (broad SMARTS) is 1. The minimum Gasteiger partial charge on any atom is -0.478 e. The number of hydrogen-bond acceptors (Lipinski definition) is 4. The van der Waals surface area contributed by atoms with Crippen LogP contribution >= 0.6 is 0 Å². The molecule has 0 unspecified atom stereocenters. The van der Waals surface area contributed by atoms with Crippen molar-refractivity contribution in [3.63, 3.8) is 0 Å². The first-order chi connectivity index (χ1) is 10.6. The highest BCUT2D eigenvalue weighted by Crippen LogP contribution is 2.34. The van der Waals surface area contributed by atoms with Gasteiger partial charge in [0.25, 0.3) is 0 Å². The number of benzene rings is 2. The van der Waals surface area contributed by atoms with Crippen LogP contribution in [0, 0.1) is 0 Å². The molecule has 0 amide bonds. The maximum Gasteiger partial charge on any atom is 0.347 e. The number of hydrogen-bond donors (Lipinski definition) is 1. The summed E-state index contributed by atoms with van der Waals surface area (Å²) < 4.78 is 4.70. The summed E-state index contributed by atoms with van der Waals surface area (Å²) in [4.78, 5) is 35.0. The summed E-state index contributed by atoms with van der Waals surface area (Å²) in [7, 11) is 0. The molecule has 0 aliphatic carbocycles. The Kier molecular flexibility index (Phi) is 3.31. The van der Waals surface area contributed by atoms with Gasteiger partial charge in [-0.05, 0) is 23.3 Å². The minimum atomic E-state index is -1.11. The van der Waals surface area contributed by atoms with Crippen LogP contribution in [-0.2, 0) is 14.3 Å². The number of cyclic esters (lactones) is 2. The van der Waals surface area contributed by atoms with Crippen LogP contribution in [0.25, 0.3) is 11.1 Å². The second-order valence-corrected chi connectivity index (χ2v) is 4.68. The molecule has 5 heteroatoms. The first-order valence-electron chi connectivity index (χ1n) is 6.48. The van der Waals surface area contributed by atoms with Gasteiger partial charge in [-0.15, -0.1) is 0 Å². The summed E-state index contributed by atoms with van der Waals surface area (Å²) in [6, 6.07) is 14.5. The lowest BCUT2D eigenvalue weighted by Crippen LogP contribution is -2.02. The molecule has 108 valence electrons. The molecule has 22 heavy (non-hydrogen) atoms. The van der Waals surface area contributed by atoms with Crippen LogP contribution in [0.3, 0.4) is 0 Å². The van der Waals surface area contributed by atoms with Crippen molar-refractivity contribution in [2.24, 2.45) is 0 Å². The number of rotatable bonds is 3. The molecule has 1 aliphatic rings. The lowest BCUT2D eigenvalue weighted by atomic mass is 9.95. The lowest BCUT2D eigenvalue weighted by Gasteiger charge is -2.04. The molecule has 0 fully saturated rings. The molecule has 2 aromatic carbocycles. The number of carbonyl (C=O) groups is 3. The fourth-order valence-corrected chi connectivity index (χ4v) is 2.33. The van der Waals surface area contributed by atoms with Gasteiger partial charge < -0.3 is 9.84 Å². The molecule has 1 heterocycles. The van der Waals surface area contributed by atoms with Crippen LogP contribution in [0.5, 0.6) is 0 Å². The topological polar surface area (TPSA) is 80.7 Å². The highest BCUT2D eigenvalue weighted by molar-refractivity contribution is 6.44. The molecular formula is C17H10O5. The largest absolute Gasteiger partial charge is 0.478 e. The summed E-state index contributed by atoms with van der Waals surface area (Å²) >= 11 is 0. The van der Waals surface area contributed by atoms with E-state index in [-0.39, 0.29) is 16.7 Å². The quantitative estimate of drug-likeness (QED) is 0.694. The van der Waals surface area contributed by atoms with E-state index in [1.165, 1.54) is 18.2 Å². The maximum atomic E-state index is 12.0. The van der Waals surface area contributed by atoms with Gasteiger partial charge in [-0.2, -0.15) is 0 Å². The van der Waals surface area contributed by atoms with Crippen molar-refractivity contribution in [2.75, 3.05) is 0 Å². The SMILES string of the molecule is O=C1OC(=O)C(c2cccc(C(=O)O)c2)=C1c1ccccc1. The molecule has 0 spiro atoms. The molecule has 3 rings (SSSR count). The number of aromatic carboxylic acids is 1. The van der Waals surface area contributed by atoms with Crippen LogP contribution in [0.15, 0.2) is 54.6 Å². The zero-order valence-corrected chi connectivity index (χ0v) is 11.3. The molecular weight excluding hydrogens is 284 g/mol. The summed E-state index contributed by atoms with van der Waals surface area (Å²) in [6.45, 7) is 0. The van der Waals surface area contributed by atoms with Crippen molar-refractivity contribution in [1.29, 1.82) is 0 Å². The van der Waals surface area contributed by atoms with Crippen LogP contribution in [-0.4, -0.2) is 23.0 Å².